The Morgan fingerprint density at radius 3 is 2.88 bits per heavy atom. The third kappa shape index (κ3) is 3.28. The Hall–Kier alpha value is -2.02. The van der Waals surface area contributed by atoms with Crippen LogP contribution < -0.4 is 4.74 Å². The first kappa shape index (κ1) is 12.1. The van der Waals surface area contributed by atoms with Gasteiger partial charge in [-0.15, -0.1) is 0 Å². The fraction of sp³-hybridized carbons (Fsp3) is 0.250. The number of halogens is 1. The highest BCUT2D eigenvalue weighted by Crippen LogP contribution is 2.17. The summed E-state index contributed by atoms with van der Waals surface area (Å²) in [7, 11) is 1.45. The van der Waals surface area contributed by atoms with Crippen molar-refractivity contribution in [1.29, 1.82) is 0 Å². The fourth-order valence-corrected chi connectivity index (χ4v) is 1.06. The number of hydrogen-bond acceptors (Lipinski definition) is 3. The molecule has 0 aliphatic rings. The standard InChI is InChI=1S/C12H11FO3/c1-3-16-12(14)7-4-9-8-10(13)5-6-11(9)15-2/h5-6,8H,3H2,1-2H3. The van der Waals surface area contributed by atoms with E-state index in [0.717, 1.165) is 0 Å². The first-order valence-electron chi connectivity index (χ1n) is 4.69. The zero-order valence-electron chi connectivity index (χ0n) is 9.04. The molecule has 0 atom stereocenters. The monoisotopic (exact) mass is 222 g/mol. The quantitative estimate of drug-likeness (QED) is 0.565. The number of rotatable bonds is 2. The van der Waals surface area contributed by atoms with Gasteiger partial charge in [-0.2, -0.15) is 0 Å². The van der Waals surface area contributed by atoms with Gasteiger partial charge in [0.1, 0.15) is 11.6 Å². The molecule has 4 heteroatoms. The normalized spacial score (nSPS) is 8.94. The minimum Gasteiger partial charge on any atom is -0.495 e. The van der Waals surface area contributed by atoms with Crippen LogP contribution in [0.3, 0.4) is 0 Å². The second kappa shape index (κ2) is 5.76. The summed E-state index contributed by atoms with van der Waals surface area (Å²) in [6.07, 6.45) is 0. The molecule has 0 radical (unpaired) electrons. The zero-order chi connectivity index (χ0) is 12.0. The summed E-state index contributed by atoms with van der Waals surface area (Å²) in [5.41, 5.74) is 0.315. The van der Waals surface area contributed by atoms with E-state index >= 15 is 0 Å². The Labute approximate surface area is 93.2 Å². The Balaban J connectivity index is 2.94. The van der Waals surface area contributed by atoms with Gasteiger partial charge in [-0.1, -0.05) is 5.92 Å². The molecule has 0 heterocycles. The molecule has 0 aliphatic carbocycles. The second-order valence-corrected chi connectivity index (χ2v) is 2.82. The number of benzene rings is 1. The summed E-state index contributed by atoms with van der Waals surface area (Å²) in [6.45, 7) is 1.94. The molecule has 0 N–H and O–H groups in total. The van der Waals surface area contributed by atoms with Crippen molar-refractivity contribution >= 4 is 5.97 Å². The van der Waals surface area contributed by atoms with Gasteiger partial charge in [-0.05, 0) is 25.1 Å². The number of carbonyl (C=O) groups excluding carboxylic acids is 1. The SMILES string of the molecule is CCOC(=O)C#Cc1cc(F)ccc1OC. The Morgan fingerprint density at radius 2 is 2.25 bits per heavy atom. The van der Waals surface area contributed by atoms with E-state index in [-0.39, 0.29) is 6.61 Å². The van der Waals surface area contributed by atoms with Gasteiger partial charge in [0.05, 0.1) is 19.3 Å². The maximum Gasteiger partial charge on any atom is 0.384 e. The molecule has 0 bridgehead atoms. The highest BCUT2D eigenvalue weighted by Gasteiger charge is 2.02. The van der Waals surface area contributed by atoms with E-state index in [1.807, 2.05) is 0 Å². The third-order valence-corrected chi connectivity index (χ3v) is 1.74. The van der Waals surface area contributed by atoms with Crippen LogP contribution in [0.5, 0.6) is 5.75 Å². The molecule has 0 fully saturated rings. The Bertz CT molecular complexity index is 443. The van der Waals surface area contributed by atoms with Crippen molar-refractivity contribution in [2.75, 3.05) is 13.7 Å². The minimum absolute atomic E-state index is 0.258. The van der Waals surface area contributed by atoms with Gasteiger partial charge in [0.25, 0.3) is 0 Å². The predicted molar refractivity (Wildman–Crippen MR) is 56.5 cm³/mol. The molecule has 0 saturated heterocycles. The molecule has 0 unspecified atom stereocenters. The number of methoxy groups -OCH3 is 1. The molecular weight excluding hydrogens is 211 g/mol. The van der Waals surface area contributed by atoms with Crippen molar-refractivity contribution in [3.8, 4) is 17.6 Å². The lowest BCUT2D eigenvalue weighted by molar-refractivity contribution is -0.136. The minimum atomic E-state index is -0.645. The summed E-state index contributed by atoms with van der Waals surface area (Å²) in [4.78, 5) is 11.0. The van der Waals surface area contributed by atoms with Gasteiger partial charge in [-0.3, -0.25) is 0 Å². The summed E-state index contributed by atoms with van der Waals surface area (Å²) in [5, 5.41) is 0. The van der Waals surface area contributed by atoms with Gasteiger partial charge in [-0.25, -0.2) is 9.18 Å². The molecule has 16 heavy (non-hydrogen) atoms. The number of hydrogen-bond donors (Lipinski definition) is 0. The van der Waals surface area contributed by atoms with E-state index in [1.165, 1.54) is 25.3 Å². The highest BCUT2D eigenvalue weighted by molar-refractivity contribution is 5.89. The third-order valence-electron chi connectivity index (χ3n) is 1.74. The van der Waals surface area contributed by atoms with E-state index in [9.17, 15) is 9.18 Å². The van der Waals surface area contributed by atoms with Crippen LogP contribution in [0.4, 0.5) is 4.39 Å². The number of ether oxygens (including phenoxy) is 2. The first-order valence-corrected chi connectivity index (χ1v) is 4.69. The lowest BCUT2D eigenvalue weighted by Gasteiger charge is -2.01. The smallest absolute Gasteiger partial charge is 0.384 e. The lowest BCUT2D eigenvalue weighted by atomic mass is 10.2. The number of esters is 1. The van der Waals surface area contributed by atoms with Crippen molar-refractivity contribution in [2.24, 2.45) is 0 Å². The zero-order valence-corrected chi connectivity index (χ0v) is 9.04. The van der Waals surface area contributed by atoms with Crippen molar-refractivity contribution in [1.82, 2.24) is 0 Å². The van der Waals surface area contributed by atoms with E-state index in [0.29, 0.717) is 11.3 Å². The van der Waals surface area contributed by atoms with Crippen LogP contribution >= 0.6 is 0 Å². The van der Waals surface area contributed by atoms with Crippen molar-refractivity contribution in [3.63, 3.8) is 0 Å². The maximum atomic E-state index is 12.9. The average Bonchev–Trinajstić information content (AvgIpc) is 2.27. The van der Waals surface area contributed by atoms with Gasteiger partial charge in [0.2, 0.25) is 0 Å². The van der Waals surface area contributed by atoms with Crippen molar-refractivity contribution < 1.29 is 18.7 Å². The maximum absolute atomic E-state index is 12.9. The van der Waals surface area contributed by atoms with Crippen LogP contribution in [0.25, 0.3) is 0 Å². The number of carbonyl (C=O) groups is 1. The van der Waals surface area contributed by atoms with Gasteiger partial charge < -0.3 is 9.47 Å². The van der Waals surface area contributed by atoms with Crippen LogP contribution in [-0.4, -0.2) is 19.7 Å². The molecule has 0 spiro atoms. The van der Waals surface area contributed by atoms with Gasteiger partial charge in [0.15, 0.2) is 0 Å². The van der Waals surface area contributed by atoms with Crippen LogP contribution in [0.1, 0.15) is 12.5 Å². The largest absolute Gasteiger partial charge is 0.495 e. The summed E-state index contributed by atoms with van der Waals surface area (Å²) < 4.78 is 22.5. The Kier molecular flexibility index (Phi) is 4.34. The highest BCUT2D eigenvalue weighted by atomic mass is 19.1. The molecule has 0 aliphatic heterocycles. The summed E-state index contributed by atoms with van der Waals surface area (Å²) >= 11 is 0. The fourth-order valence-electron chi connectivity index (χ4n) is 1.06. The van der Waals surface area contributed by atoms with E-state index < -0.39 is 11.8 Å². The van der Waals surface area contributed by atoms with Gasteiger partial charge in [0, 0.05) is 5.92 Å². The molecule has 1 aromatic rings. The first-order chi connectivity index (χ1) is 7.67. The molecule has 0 aromatic heterocycles. The topological polar surface area (TPSA) is 35.5 Å². The van der Waals surface area contributed by atoms with Crippen LogP contribution in [-0.2, 0) is 9.53 Å². The lowest BCUT2D eigenvalue weighted by Crippen LogP contribution is -1.99. The van der Waals surface area contributed by atoms with Crippen LogP contribution in [0.15, 0.2) is 18.2 Å². The molecule has 84 valence electrons. The Morgan fingerprint density at radius 1 is 1.50 bits per heavy atom. The molecule has 3 nitrogen and oxygen atoms in total. The average molecular weight is 222 g/mol. The molecule has 1 rings (SSSR count). The van der Waals surface area contributed by atoms with Crippen LogP contribution in [0, 0.1) is 17.7 Å². The summed E-state index contributed by atoms with van der Waals surface area (Å²) in [5.74, 6) is 4.08. The molecule has 0 saturated carbocycles. The molecule has 0 amide bonds. The summed E-state index contributed by atoms with van der Waals surface area (Å²) in [6, 6.07) is 3.91. The van der Waals surface area contributed by atoms with Crippen molar-refractivity contribution in [2.45, 2.75) is 6.92 Å². The van der Waals surface area contributed by atoms with E-state index in [4.69, 9.17) is 4.74 Å². The second-order valence-electron chi connectivity index (χ2n) is 2.82. The van der Waals surface area contributed by atoms with Crippen LogP contribution in [0.2, 0.25) is 0 Å². The predicted octanol–water partition coefficient (Wildman–Crippen LogP) is 1.75. The molecule has 1 aromatic carbocycles. The van der Waals surface area contributed by atoms with Crippen molar-refractivity contribution in [3.05, 3.63) is 29.6 Å². The van der Waals surface area contributed by atoms with E-state index in [1.54, 1.807) is 6.92 Å². The van der Waals surface area contributed by atoms with E-state index in [2.05, 4.69) is 16.6 Å². The molecular formula is C12H11FO3. The van der Waals surface area contributed by atoms with Gasteiger partial charge >= 0.3 is 5.97 Å².